The Morgan fingerprint density at radius 2 is 1.08 bits per heavy atom. The van der Waals surface area contributed by atoms with Crippen molar-refractivity contribution >= 4 is 89.1 Å². The van der Waals surface area contributed by atoms with Crippen molar-refractivity contribution in [3.8, 4) is 0 Å². The monoisotopic (exact) mass is 1260 g/mol. The summed E-state index contributed by atoms with van der Waals surface area (Å²) in [6.45, 7) is 3.07. The summed E-state index contributed by atoms with van der Waals surface area (Å²) in [5.74, 6) is 0.0136. The number of aryl methyl sites for hydroxylation is 2. The van der Waals surface area contributed by atoms with E-state index < -0.39 is 20.8 Å². The molecule has 6 aromatic rings. The second-order valence-electron chi connectivity index (χ2n) is 24.4. The molecule has 6 aliphatic rings. The Kier molecular flexibility index (Phi) is 16.7. The average Bonchev–Trinajstić information content (AvgIpc) is 2.84. The predicted octanol–water partition coefficient (Wildman–Crippen LogP) is 4.81. The third kappa shape index (κ3) is 12.1. The lowest BCUT2D eigenvalue weighted by Crippen LogP contribution is -2.47. The summed E-state index contributed by atoms with van der Waals surface area (Å²) >= 11 is 2.19. The van der Waals surface area contributed by atoms with Crippen molar-refractivity contribution in [1.82, 2.24) is 71.4 Å². The van der Waals surface area contributed by atoms with Crippen molar-refractivity contribution in [1.29, 1.82) is 0 Å². The summed E-state index contributed by atoms with van der Waals surface area (Å²) < 4.78 is 69.2. The molecule has 6 aromatic heterocycles. The van der Waals surface area contributed by atoms with Gasteiger partial charge in [-0.15, -0.1) is 0 Å². The molecule has 4 unspecified atom stereocenters. The molecule has 6 fully saturated rings. The number of anilines is 3. The molecule has 30 heteroatoms. The lowest BCUT2D eigenvalue weighted by Gasteiger charge is -2.33. The average molecular weight is 1270 g/mol. The van der Waals surface area contributed by atoms with Gasteiger partial charge in [-0.3, -0.25) is 37.0 Å². The van der Waals surface area contributed by atoms with Crippen molar-refractivity contribution in [2.45, 2.75) is 163 Å². The number of aromatic nitrogens is 12. The van der Waals surface area contributed by atoms with E-state index in [0.717, 1.165) is 62.7 Å². The minimum Gasteiger partial charge on any atom is -0.375 e. The van der Waals surface area contributed by atoms with Crippen LogP contribution in [0.15, 0.2) is 33.0 Å². The standard InChI is InChI=1S/C55H75BrF2N18O8S/c1-68-41-28-59-49(62-35-13-19-69(20-14-35)44(77)32-84-2)65-45(41)75(52(68)79)39-10-8-33(26-39)12-25-72-42-29-60-50(64-37-17-23-71(24-18-37)85(3,82)83)66-46(42)76(53(72)80)40-11-9-34(27-40)31-73-43-30-61-51(67-47(43)74(54(73)81)38-6-4-5-7-38)63-36-15-21-70(22-16-36)48(78)55(56,57)58/h28-30,33-40H,4-27,31-32H2,1-3H3,(H,59,62,65)(H,60,64,66)(H,61,63,67). The Bertz CT molecular complexity index is 3770. The van der Waals surface area contributed by atoms with E-state index in [1.807, 2.05) is 9.13 Å². The van der Waals surface area contributed by atoms with Crippen LogP contribution >= 0.6 is 15.9 Å². The molecule has 3 saturated heterocycles. The summed E-state index contributed by atoms with van der Waals surface area (Å²) in [6, 6.07) is -0.581. The van der Waals surface area contributed by atoms with Crippen LogP contribution in [0.25, 0.3) is 33.5 Å². The number of ether oxygens (including phenoxy) is 1. The number of hydrogen-bond donors (Lipinski definition) is 3. The van der Waals surface area contributed by atoms with Crippen LogP contribution in [0.1, 0.15) is 127 Å². The van der Waals surface area contributed by atoms with Gasteiger partial charge in [-0.1, -0.05) is 12.8 Å². The van der Waals surface area contributed by atoms with Crippen LogP contribution < -0.4 is 33.0 Å². The van der Waals surface area contributed by atoms with E-state index in [1.54, 1.807) is 48.8 Å². The number of carbonyl (C=O) groups is 2. The van der Waals surface area contributed by atoms with Crippen LogP contribution in [-0.2, 0) is 44.5 Å². The van der Waals surface area contributed by atoms with Gasteiger partial charge in [0.15, 0.2) is 16.9 Å². The molecule has 85 heavy (non-hydrogen) atoms. The summed E-state index contributed by atoms with van der Waals surface area (Å²) in [5, 5.41) is 10.2. The number of methoxy groups -OCH3 is 1. The Labute approximate surface area is 497 Å². The number of rotatable bonds is 18. The molecule has 2 amide bonds. The number of piperidine rings is 3. The molecule has 3 aliphatic heterocycles. The Hall–Kier alpha value is -6.40. The molecule has 0 aromatic carbocycles. The molecule has 0 radical (unpaired) electrons. The SMILES string of the molecule is COCC(=O)N1CCC(Nc2ncc3c(n2)n(C2CCC(CCn4c(=O)n(C5CCC(Cn6c(=O)n(C7CCCC7)c7nc(NC8CCN(C(=O)C(F)(F)Br)CC8)ncc76)C5)c5nc(NC6CCN(S(C)(=O)=O)CC6)ncc54)C2)c(=O)n3C)CC1. The lowest BCUT2D eigenvalue weighted by atomic mass is 10.0. The van der Waals surface area contributed by atoms with Gasteiger partial charge in [0.1, 0.15) is 23.2 Å². The number of nitrogens with one attached hydrogen (secondary N) is 3. The number of alkyl halides is 3. The van der Waals surface area contributed by atoms with Crippen molar-refractivity contribution in [3.05, 3.63) is 50.0 Å². The number of imidazole rings is 3. The van der Waals surface area contributed by atoms with Gasteiger partial charge in [0.2, 0.25) is 33.8 Å². The fourth-order valence-corrected chi connectivity index (χ4v) is 15.5. The van der Waals surface area contributed by atoms with Crippen LogP contribution in [-0.4, -0.2) is 174 Å². The fourth-order valence-electron chi connectivity index (χ4n) is 14.3. The molecule has 3 N–H and O–H groups in total. The van der Waals surface area contributed by atoms with Crippen molar-refractivity contribution < 1.29 is 31.5 Å². The number of nitrogens with zero attached hydrogens (tertiary/aromatic N) is 15. The van der Waals surface area contributed by atoms with Gasteiger partial charge in [0.25, 0.3) is 0 Å². The molecular weight excluding hydrogens is 1190 g/mol. The Balaban J connectivity index is 0.768. The summed E-state index contributed by atoms with van der Waals surface area (Å²) in [7, 11) is -0.0813. The quantitative estimate of drug-likeness (QED) is 0.0974. The van der Waals surface area contributed by atoms with Crippen LogP contribution in [0.3, 0.4) is 0 Å². The van der Waals surface area contributed by atoms with Crippen molar-refractivity contribution in [3.63, 3.8) is 0 Å². The van der Waals surface area contributed by atoms with Gasteiger partial charge < -0.3 is 30.5 Å². The zero-order valence-electron chi connectivity index (χ0n) is 48.3. The van der Waals surface area contributed by atoms with E-state index in [9.17, 15) is 36.4 Å². The van der Waals surface area contributed by atoms with E-state index in [-0.39, 0.29) is 90.8 Å². The molecule has 4 atom stereocenters. The first-order chi connectivity index (χ1) is 40.8. The normalized spacial score (nSPS) is 22.9. The number of sulfonamides is 1. The van der Waals surface area contributed by atoms with E-state index in [2.05, 4.69) is 41.8 Å². The van der Waals surface area contributed by atoms with E-state index in [0.29, 0.717) is 142 Å². The van der Waals surface area contributed by atoms with Crippen molar-refractivity contribution in [2.24, 2.45) is 18.9 Å². The summed E-state index contributed by atoms with van der Waals surface area (Å²) in [4.78, 5) is 96.5. The highest BCUT2D eigenvalue weighted by atomic mass is 79.9. The molecule has 12 rings (SSSR count). The molecule has 460 valence electrons. The second-order valence-corrected chi connectivity index (χ2v) is 27.4. The number of hydrogen-bond acceptors (Lipinski definition) is 17. The molecule has 26 nitrogen and oxygen atoms in total. The predicted molar refractivity (Wildman–Crippen MR) is 316 cm³/mol. The number of fused-ring (bicyclic) bond motifs is 3. The van der Waals surface area contributed by atoms with Crippen molar-refractivity contribution in [2.75, 3.05) is 75.2 Å². The highest BCUT2D eigenvalue weighted by molar-refractivity contribution is 9.10. The maximum atomic E-state index is 15.1. The molecule has 0 spiro atoms. The third-order valence-electron chi connectivity index (χ3n) is 19.0. The smallest absolute Gasteiger partial charge is 0.375 e. The topological polar surface area (TPSA) is 281 Å². The Morgan fingerprint density at radius 1 is 0.624 bits per heavy atom. The molecule has 9 heterocycles. The fraction of sp³-hybridized carbons (Fsp3) is 0.691. The summed E-state index contributed by atoms with van der Waals surface area (Å²) in [5.41, 5.74) is 2.94. The first-order valence-corrected chi connectivity index (χ1v) is 32.7. The Morgan fingerprint density at radius 3 is 1.62 bits per heavy atom. The number of carbonyl (C=O) groups excluding carboxylic acids is 2. The zero-order valence-corrected chi connectivity index (χ0v) is 50.7. The van der Waals surface area contributed by atoms with Gasteiger partial charge in [-0.2, -0.15) is 23.7 Å². The van der Waals surface area contributed by atoms with E-state index >= 15 is 4.79 Å². The van der Waals surface area contributed by atoms with Crippen LogP contribution in [0, 0.1) is 11.8 Å². The zero-order chi connectivity index (χ0) is 59.5. The van der Waals surface area contributed by atoms with Gasteiger partial charge in [0, 0.05) is 119 Å². The third-order valence-corrected chi connectivity index (χ3v) is 20.6. The van der Waals surface area contributed by atoms with E-state index in [4.69, 9.17) is 24.7 Å². The maximum absolute atomic E-state index is 15.1. The molecular formula is C55H75BrF2N18O8S. The number of halogens is 3. The second kappa shape index (κ2) is 24.0. The van der Waals surface area contributed by atoms with Crippen LogP contribution in [0.4, 0.5) is 26.6 Å². The molecule has 3 saturated carbocycles. The highest BCUT2D eigenvalue weighted by Gasteiger charge is 2.41. The highest BCUT2D eigenvalue weighted by Crippen LogP contribution is 2.40. The van der Waals surface area contributed by atoms with Crippen LogP contribution in [0.5, 0.6) is 0 Å². The van der Waals surface area contributed by atoms with Gasteiger partial charge >= 0.3 is 27.8 Å². The van der Waals surface area contributed by atoms with E-state index in [1.165, 1.54) is 17.7 Å². The molecule has 3 aliphatic carbocycles. The number of likely N-dealkylation sites (tertiary alicyclic amines) is 2. The minimum absolute atomic E-state index is 0.00844. The first-order valence-electron chi connectivity index (χ1n) is 30.1. The maximum Gasteiger partial charge on any atom is 0.377 e. The molecule has 0 bridgehead atoms. The lowest BCUT2D eigenvalue weighted by molar-refractivity contribution is -0.146. The van der Waals surface area contributed by atoms with Gasteiger partial charge in [-0.25, -0.2) is 42.1 Å². The van der Waals surface area contributed by atoms with Gasteiger partial charge in [-0.05, 0) is 108 Å². The summed E-state index contributed by atoms with van der Waals surface area (Å²) in [6.07, 6.45) is 18.4. The van der Waals surface area contributed by atoms with Crippen LogP contribution in [0.2, 0.25) is 0 Å². The van der Waals surface area contributed by atoms with Gasteiger partial charge in [0.05, 0.1) is 24.8 Å². The number of amides is 2. The largest absolute Gasteiger partial charge is 0.377 e. The minimum atomic E-state index is -3.62. The first kappa shape index (κ1) is 59.0.